The number of carbonyl (C=O) groups excluding carboxylic acids is 1. The lowest BCUT2D eigenvalue weighted by atomic mass is 10.1. The number of carbonyl (C=O) groups is 1. The Morgan fingerprint density at radius 2 is 1.83 bits per heavy atom. The molecule has 0 aliphatic carbocycles. The van der Waals surface area contributed by atoms with Crippen LogP contribution in [0.1, 0.15) is 6.42 Å². The average molecular weight is 337 g/mol. The molecule has 0 radical (unpaired) electrons. The minimum absolute atomic E-state index is 0.106. The van der Waals surface area contributed by atoms with Crippen LogP contribution in [0.3, 0.4) is 0 Å². The van der Waals surface area contributed by atoms with Gasteiger partial charge in [-0.15, -0.1) is 0 Å². The number of ether oxygens (including phenoxy) is 3. The van der Waals surface area contributed by atoms with E-state index in [0.29, 0.717) is 28.9 Å². The van der Waals surface area contributed by atoms with Gasteiger partial charge in [0.2, 0.25) is 5.75 Å². The minimum atomic E-state index is -0.106. The number of hydrogen-bond donors (Lipinski definition) is 1. The number of nitrogens with one attached hydrogen (secondary N) is 1. The van der Waals surface area contributed by atoms with Crippen molar-refractivity contribution in [3.05, 3.63) is 12.1 Å². The third-order valence-electron chi connectivity index (χ3n) is 4.11. The Morgan fingerprint density at radius 1 is 1.21 bits per heavy atom. The van der Waals surface area contributed by atoms with Crippen molar-refractivity contribution in [2.45, 2.75) is 6.42 Å². The van der Waals surface area contributed by atoms with Crippen LogP contribution in [0.4, 0.5) is 10.5 Å². The summed E-state index contributed by atoms with van der Waals surface area (Å²) in [7, 11) is 8.76. The molecule has 0 spiro atoms. The molecule has 1 heterocycles. The molecule has 1 aromatic rings. The van der Waals surface area contributed by atoms with Crippen molar-refractivity contribution < 1.29 is 19.0 Å². The van der Waals surface area contributed by atoms with E-state index in [4.69, 9.17) is 14.2 Å². The maximum Gasteiger partial charge on any atom is 0.321 e. The van der Waals surface area contributed by atoms with Gasteiger partial charge < -0.3 is 29.3 Å². The van der Waals surface area contributed by atoms with Crippen LogP contribution in [-0.2, 0) is 0 Å². The molecule has 1 atom stereocenters. The molecule has 1 N–H and O–H groups in total. The first-order chi connectivity index (χ1) is 11.5. The quantitative estimate of drug-likeness (QED) is 0.861. The summed E-state index contributed by atoms with van der Waals surface area (Å²) < 4.78 is 15.9. The Morgan fingerprint density at radius 3 is 2.33 bits per heavy atom. The van der Waals surface area contributed by atoms with Gasteiger partial charge in [-0.25, -0.2) is 4.79 Å². The summed E-state index contributed by atoms with van der Waals surface area (Å²) in [4.78, 5) is 16.5. The van der Waals surface area contributed by atoms with Crippen LogP contribution in [-0.4, -0.2) is 70.9 Å². The summed E-state index contributed by atoms with van der Waals surface area (Å²) in [6.07, 6.45) is 1.03. The van der Waals surface area contributed by atoms with Gasteiger partial charge in [-0.3, -0.25) is 0 Å². The van der Waals surface area contributed by atoms with Crippen molar-refractivity contribution in [1.82, 2.24) is 9.80 Å². The molecule has 2 amide bonds. The zero-order chi connectivity index (χ0) is 17.7. The predicted molar refractivity (Wildman–Crippen MR) is 93.4 cm³/mol. The second-order valence-electron chi connectivity index (χ2n) is 6.21. The van der Waals surface area contributed by atoms with Gasteiger partial charge in [-0.1, -0.05) is 0 Å². The highest BCUT2D eigenvalue weighted by atomic mass is 16.5. The van der Waals surface area contributed by atoms with Gasteiger partial charge in [-0.2, -0.15) is 0 Å². The number of urea groups is 1. The lowest BCUT2D eigenvalue weighted by molar-refractivity contribution is 0.219. The fraction of sp³-hybridized carbons (Fsp3) is 0.588. The Balaban J connectivity index is 2.07. The molecular formula is C17H27N3O4. The molecule has 0 saturated carbocycles. The highest BCUT2D eigenvalue weighted by molar-refractivity contribution is 5.90. The van der Waals surface area contributed by atoms with Crippen molar-refractivity contribution in [3.63, 3.8) is 0 Å². The van der Waals surface area contributed by atoms with Crippen molar-refractivity contribution in [2.75, 3.05) is 60.4 Å². The first-order valence-corrected chi connectivity index (χ1v) is 7.99. The number of anilines is 1. The molecule has 1 aliphatic rings. The summed E-state index contributed by atoms with van der Waals surface area (Å²) in [5, 5.41) is 2.92. The molecule has 24 heavy (non-hydrogen) atoms. The zero-order valence-corrected chi connectivity index (χ0v) is 15.1. The van der Waals surface area contributed by atoms with Crippen LogP contribution >= 0.6 is 0 Å². The van der Waals surface area contributed by atoms with Crippen LogP contribution < -0.4 is 19.5 Å². The molecule has 1 aromatic carbocycles. The van der Waals surface area contributed by atoms with E-state index >= 15 is 0 Å². The van der Waals surface area contributed by atoms with Crippen LogP contribution in [0, 0.1) is 5.92 Å². The van der Waals surface area contributed by atoms with E-state index in [0.717, 1.165) is 26.1 Å². The van der Waals surface area contributed by atoms with Gasteiger partial charge in [-0.05, 0) is 26.4 Å². The van der Waals surface area contributed by atoms with E-state index in [9.17, 15) is 4.79 Å². The molecule has 7 heteroatoms. The molecule has 134 valence electrons. The topological polar surface area (TPSA) is 63.3 Å². The van der Waals surface area contributed by atoms with E-state index in [1.165, 1.54) is 0 Å². The van der Waals surface area contributed by atoms with Gasteiger partial charge >= 0.3 is 6.03 Å². The molecular weight excluding hydrogens is 310 g/mol. The van der Waals surface area contributed by atoms with Crippen molar-refractivity contribution in [1.29, 1.82) is 0 Å². The molecule has 7 nitrogen and oxygen atoms in total. The number of benzene rings is 1. The SMILES string of the molecule is COc1cc(NC(=O)N2CC[C@H](CN(C)C)C2)cc(OC)c1OC. The van der Waals surface area contributed by atoms with Gasteiger partial charge in [0.25, 0.3) is 0 Å². The second kappa shape index (κ2) is 8.10. The van der Waals surface area contributed by atoms with Gasteiger partial charge in [0, 0.05) is 31.8 Å². The van der Waals surface area contributed by atoms with E-state index in [2.05, 4.69) is 24.3 Å². The third kappa shape index (κ3) is 4.23. The van der Waals surface area contributed by atoms with Crippen LogP contribution in [0.5, 0.6) is 17.2 Å². The monoisotopic (exact) mass is 337 g/mol. The lowest BCUT2D eigenvalue weighted by Crippen LogP contribution is -2.34. The fourth-order valence-electron chi connectivity index (χ4n) is 3.04. The predicted octanol–water partition coefficient (Wildman–Crippen LogP) is 2.13. The van der Waals surface area contributed by atoms with Gasteiger partial charge in [0.05, 0.1) is 27.0 Å². The maximum atomic E-state index is 12.5. The normalized spacial score (nSPS) is 17.1. The zero-order valence-electron chi connectivity index (χ0n) is 15.1. The minimum Gasteiger partial charge on any atom is -0.493 e. The van der Waals surface area contributed by atoms with Gasteiger partial charge in [0.1, 0.15) is 0 Å². The highest BCUT2D eigenvalue weighted by Crippen LogP contribution is 2.40. The highest BCUT2D eigenvalue weighted by Gasteiger charge is 2.27. The number of rotatable bonds is 6. The first kappa shape index (κ1) is 18.2. The van der Waals surface area contributed by atoms with Gasteiger partial charge in [0.15, 0.2) is 11.5 Å². The summed E-state index contributed by atoms with van der Waals surface area (Å²) in [5.41, 5.74) is 0.616. The number of amides is 2. The number of likely N-dealkylation sites (tertiary alicyclic amines) is 1. The lowest BCUT2D eigenvalue weighted by Gasteiger charge is -2.20. The maximum absolute atomic E-state index is 12.5. The summed E-state index contributed by atoms with van der Waals surface area (Å²) >= 11 is 0. The smallest absolute Gasteiger partial charge is 0.321 e. The van der Waals surface area contributed by atoms with Crippen LogP contribution in [0.2, 0.25) is 0 Å². The average Bonchev–Trinajstić information content (AvgIpc) is 3.01. The summed E-state index contributed by atoms with van der Waals surface area (Å²) in [5.74, 6) is 2.05. The molecule has 1 aliphatic heterocycles. The molecule has 1 saturated heterocycles. The van der Waals surface area contributed by atoms with E-state index in [1.807, 2.05) is 4.90 Å². The van der Waals surface area contributed by atoms with Crippen molar-refractivity contribution in [3.8, 4) is 17.2 Å². The van der Waals surface area contributed by atoms with E-state index < -0.39 is 0 Å². The summed E-state index contributed by atoms with van der Waals surface area (Å²) in [6.45, 7) is 2.54. The Hall–Kier alpha value is -2.15. The van der Waals surface area contributed by atoms with Crippen molar-refractivity contribution in [2.24, 2.45) is 5.92 Å². The Bertz CT molecular complexity index is 552. The van der Waals surface area contributed by atoms with Crippen LogP contribution in [0.25, 0.3) is 0 Å². The molecule has 0 aromatic heterocycles. The number of nitrogens with zero attached hydrogens (tertiary/aromatic N) is 2. The fourth-order valence-corrected chi connectivity index (χ4v) is 3.04. The molecule has 0 unspecified atom stereocenters. The third-order valence-corrected chi connectivity index (χ3v) is 4.11. The number of hydrogen-bond acceptors (Lipinski definition) is 5. The molecule has 1 fully saturated rings. The standard InChI is InChI=1S/C17H27N3O4/c1-19(2)10-12-6-7-20(11-12)17(21)18-13-8-14(22-3)16(24-5)15(9-13)23-4/h8-9,12H,6-7,10-11H2,1-5H3,(H,18,21)/t12-/m1/s1. The van der Waals surface area contributed by atoms with Crippen molar-refractivity contribution >= 4 is 11.7 Å². The molecule has 2 rings (SSSR count). The Labute approximate surface area is 143 Å². The second-order valence-corrected chi connectivity index (χ2v) is 6.21. The first-order valence-electron chi connectivity index (χ1n) is 7.99. The molecule has 0 bridgehead atoms. The largest absolute Gasteiger partial charge is 0.493 e. The number of methoxy groups -OCH3 is 3. The summed E-state index contributed by atoms with van der Waals surface area (Å²) in [6, 6.07) is 3.35. The Kier molecular flexibility index (Phi) is 6.14. The van der Waals surface area contributed by atoms with E-state index in [1.54, 1.807) is 33.5 Å². The van der Waals surface area contributed by atoms with E-state index in [-0.39, 0.29) is 6.03 Å². The van der Waals surface area contributed by atoms with Crippen LogP contribution in [0.15, 0.2) is 12.1 Å².